The van der Waals surface area contributed by atoms with Gasteiger partial charge in [-0.15, -0.1) is 11.3 Å². The minimum atomic E-state index is -1.18. The molecule has 27 heavy (non-hydrogen) atoms. The molecule has 4 aromatic rings. The van der Waals surface area contributed by atoms with Crippen molar-refractivity contribution in [1.29, 1.82) is 0 Å². The van der Waals surface area contributed by atoms with Crippen molar-refractivity contribution in [2.75, 3.05) is 5.32 Å². The maximum absolute atomic E-state index is 11.8. The van der Waals surface area contributed by atoms with Crippen LogP contribution in [0.4, 0.5) is 5.00 Å². The van der Waals surface area contributed by atoms with Gasteiger partial charge in [-0.05, 0) is 23.8 Å². The molecule has 4 rings (SSSR count). The number of thiophene rings is 1. The lowest BCUT2D eigenvalue weighted by Crippen LogP contribution is -2.12. The molecule has 0 spiro atoms. The number of anilines is 1. The highest BCUT2D eigenvalue weighted by Crippen LogP contribution is 2.37. The van der Waals surface area contributed by atoms with Gasteiger partial charge in [-0.25, -0.2) is 14.8 Å². The average molecular weight is 401 g/mol. The minimum absolute atomic E-state index is 0.0864. The van der Waals surface area contributed by atoms with E-state index in [1.807, 2.05) is 0 Å². The largest absolute Gasteiger partial charge is 0.478 e. The highest BCUT2D eigenvalue weighted by atomic mass is 35.5. The zero-order valence-electron chi connectivity index (χ0n) is 13.7. The number of halogens is 1. The third kappa shape index (κ3) is 3.37. The van der Waals surface area contributed by atoms with E-state index in [1.54, 1.807) is 58.7 Å². The Kier molecular flexibility index (Phi) is 4.53. The molecule has 0 bridgehead atoms. The van der Waals surface area contributed by atoms with Gasteiger partial charge in [0.2, 0.25) is 5.78 Å². The van der Waals surface area contributed by atoms with Crippen molar-refractivity contribution in [2.45, 2.75) is 6.23 Å². The molecule has 3 aromatic heterocycles. The van der Waals surface area contributed by atoms with Gasteiger partial charge in [0, 0.05) is 34.6 Å². The molecule has 0 aliphatic heterocycles. The fraction of sp³-hybridized carbons (Fsp3) is 0.0556. The number of carboxylic acids is 1. The number of benzene rings is 1. The highest BCUT2D eigenvalue weighted by Gasteiger charge is 2.22. The third-order valence-electron chi connectivity index (χ3n) is 3.96. The number of fused-ring (bicyclic) bond motifs is 1. The van der Waals surface area contributed by atoms with E-state index in [1.165, 1.54) is 11.3 Å². The first-order valence-electron chi connectivity index (χ1n) is 7.88. The first-order chi connectivity index (χ1) is 13.0. The number of hydrogen-bond acceptors (Lipinski definition) is 6. The van der Waals surface area contributed by atoms with Crippen LogP contribution in [0.5, 0.6) is 0 Å². The number of nitrogens with zero attached hydrogens (tertiary/aromatic N) is 3. The predicted molar refractivity (Wildman–Crippen MR) is 103 cm³/mol. The average Bonchev–Trinajstić information content (AvgIpc) is 3.26. The van der Waals surface area contributed by atoms with Crippen molar-refractivity contribution in [3.8, 4) is 11.1 Å². The zero-order valence-corrected chi connectivity index (χ0v) is 15.3. The number of aromatic carboxylic acids is 1. The summed E-state index contributed by atoms with van der Waals surface area (Å²) in [4.78, 5) is 20.2. The van der Waals surface area contributed by atoms with Crippen molar-refractivity contribution >= 4 is 39.7 Å². The third-order valence-corrected chi connectivity index (χ3v) is 5.13. The maximum Gasteiger partial charge on any atom is 0.339 e. The van der Waals surface area contributed by atoms with Crippen LogP contribution in [0, 0.1) is 0 Å². The SMILES string of the molecule is O=C(O)c1c(-c2ccc(Cl)cc2)csc1NC(O)c1cn2cccnc2n1. The summed E-state index contributed by atoms with van der Waals surface area (Å²) >= 11 is 7.10. The number of rotatable bonds is 5. The van der Waals surface area contributed by atoms with E-state index in [4.69, 9.17) is 11.6 Å². The predicted octanol–water partition coefficient (Wildman–Crippen LogP) is 3.91. The standard InChI is InChI=1S/C18H13ClN4O3S/c19-11-4-2-10(3-5-11)12-9-27-16(14(12)17(25)26)22-15(24)13-8-23-7-1-6-20-18(23)21-13/h1-9,15,22,24H,(H,25,26). The summed E-state index contributed by atoms with van der Waals surface area (Å²) in [6.07, 6.45) is 3.82. The number of aliphatic hydroxyl groups is 1. The number of aliphatic hydroxyl groups excluding tert-OH is 1. The van der Waals surface area contributed by atoms with Crippen LogP contribution >= 0.6 is 22.9 Å². The molecular formula is C18H13ClN4O3S. The first kappa shape index (κ1) is 17.5. The number of imidazole rings is 1. The Hall–Kier alpha value is -2.94. The van der Waals surface area contributed by atoms with E-state index in [0.717, 1.165) is 5.56 Å². The molecule has 0 aliphatic rings. The Morgan fingerprint density at radius 2 is 2.07 bits per heavy atom. The number of aromatic nitrogens is 3. The molecule has 0 aliphatic carbocycles. The minimum Gasteiger partial charge on any atom is -0.478 e. The number of carboxylic acid groups (broad SMARTS) is 1. The van der Waals surface area contributed by atoms with E-state index >= 15 is 0 Å². The molecule has 9 heteroatoms. The van der Waals surface area contributed by atoms with Crippen molar-refractivity contribution in [3.05, 3.63) is 70.6 Å². The number of nitrogens with one attached hydrogen (secondary N) is 1. The first-order valence-corrected chi connectivity index (χ1v) is 9.13. The molecule has 1 unspecified atom stereocenters. The molecule has 1 atom stereocenters. The van der Waals surface area contributed by atoms with Gasteiger partial charge in [0.1, 0.15) is 16.3 Å². The molecule has 0 saturated heterocycles. The monoisotopic (exact) mass is 400 g/mol. The van der Waals surface area contributed by atoms with Crippen molar-refractivity contribution in [2.24, 2.45) is 0 Å². The second-order valence-corrected chi connectivity index (χ2v) is 7.02. The van der Waals surface area contributed by atoms with Gasteiger partial charge in [-0.2, -0.15) is 0 Å². The normalized spacial score (nSPS) is 12.2. The van der Waals surface area contributed by atoms with Crippen LogP contribution in [0.1, 0.15) is 22.3 Å². The second kappa shape index (κ2) is 6.99. The van der Waals surface area contributed by atoms with Gasteiger partial charge in [0.05, 0.1) is 0 Å². The van der Waals surface area contributed by atoms with Crippen molar-refractivity contribution in [3.63, 3.8) is 0 Å². The Balaban J connectivity index is 1.67. The summed E-state index contributed by atoms with van der Waals surface area (Å²) < 4.78 is 1.67. The fourth-order valence-corrected chi connectivity index (χ4v) is 3.81. The van der Waals surface area contributed by atoms with E-state index in [9.17, 15) is 15.0 Å². The Morgan fingerprint density at radius 1 is 1.30 bits per heavy atom. The Labute approximate surface area is 162 Å². The molecule has 1 aromatic carbocycles. The fourth-order valence-electron chi connectivity index (χ4n) is 2.70. The maximum atomic E-state index is 11.8. The van der Waals surface area contributed by atoms with Gasteiger partial charge in [-0.1, -0.05) is 23.7 Å². The summed E-state index contributed by atoms with van der Waals surface area (Å²) in [5.41, 5.74) is 1.71. The lowest BCUT2D eigenvalue weighted by atomic mass is 10.0. The molecule has 7 nitrogen and oxygen atoms in total. The molecule has 0 fully saturated rings. The van der Waals surface area contributed by atoms with E-state index in [2.05, 4.69) is 15.3 Å². The Bertz CT molecular complexity index is 1090. The molecule has 0 radical (unpaired) electrons. The Morgan fingerprint density at radius 3 is 2.78 bits per heavy atom. The zero-order chi connectivity index (χ0) is 19.0. The topological polar surface area (TPSA) is 99.8 Å². The van der Waals surface area contributed by atoms with E-state index in [0.29, 0.717) is 27.1 Å². The van der Waals surface area contributed by atoms with Gasteiger partial charge in [-0.3, -0.25) is 4.40 Å². The summed E-state index contributed by atoms with van der Waals surface area (Å²) in [5, 5.41) is 25.6. The van der Waals surface area contributed by atoms with Crippen LogP contribution < -0.4 is 5.32 Å². The lowest BCUT2D eigenvalue weighted by molar-refractivity contribution is 0.0699. The number of carbonyl (C=O) groups is 1. The van der Waals surface area contributed by atoms with Gasteiger partial charge in [0.25, 0.3) is 0 Å². The van der Waals surface area contributed by atoms with Crippen molar-refractivity contribution < 1.29 is 15.0 Å². The highest BCUT2D eigenvalue weighted by molar-refractivity contribution is 7.15. The smallest absolute Gasteiger partial charge is 0.339 e. The second-order valence-electron chi connectivity index (χ2n) is 5.71. The molecule has 136 valence electrons. The van der Waals surface area contributed by atoms with Crippen LogP contribution in [-0.4, -0.2) is 30.6 Å². The molecule has 0 saturated carbocycles. The molecule has 3 N–H and O–H groups in total. The van der Waals surface area contributed by atoms with Crippen LogP contribution in [-0.2, 0) is 0 Å². The van der Waals surface area contributed by atoms with Crippen molar-refractivity contribution in [1.82, 2.24) is 14.4 Å². The van der Waals surface area contributed by atoms with Gasteiger partial charge in [0.15, 0.2) is 6.23 Å². The molecule has 3 heterocycles. The van der Waals surface area contributed by atoms with Crippen LogP contribution in [0.15, 0.2) is 54.3 Å². The van der Waals surface area contributed by atoms with Crippen LogP contribution in [0.3, 0.4) is 0 Å². The summed E-state index contributed by atoms with van der Waals surface area (Å²) in [5.74, 6) is -0.646. The van der Waals surface area contributed by atoms with Gasteiger partial charge >= 0.3 is 5.97 Å². The summed E-state index contributed by atoms with van der Waals surface area (Å²) in [7, 11) is 0. The quantitative estimate of drug-likeness (QED) is 0.439. The van der Waals surface area contributed by atoms with Crippen LogP contribution in [0.2, 0.25) is 5.02 Å². The van der Waals surface area contributed by atoms with E-state index < -0.39 is 12.2 Å². The van der Waals surface area contributed by atoms with Gasteiger partial charge < -0.3 is 15.5 Å². The molecular weight excluding hydrogens is 388 g/mol. The van der Waals surface area contributed by atoms with Crippen LogP contribution in [0.25, 0.3) is 16.9 Å². The van der Waals surface area contributed by atoms with E-state index in [-0.39, 0.29) is 5.56 Å². The molecule has 0 amide bonds. The number of hydrogen-bond donors (Lipinski definition) is 3. The summed E-state index contributed by atoms with van der Waals surface area (Å²) in [6, 6.07) is 8.66. The lowest BCUT2D eigenvalue weighted by Gasteiger charge is -2.11. The summed E-state index contributed by atoms with van der Waals surface area (Å²) in [6.45, 7) is 0.